The molecular weight excluding hydrogens is 306 g/mol. The largest absolute Gasteiger partial charge is 0.369 e. The third-order valence-corrected chi connectivity index (χ3v) is 9.08. The van der Waals surface area contributed by atoms with Gasteiger partial charge in [-0.05, 0) is 93.3 Å². The van der Waals surface area contributed by atoms with Crippen molar-refractivity contribution in [2.75, 3.05) is 0 Å². The lowest BCUT2D eigenvalue weighted by Crippen LogP contribution is -2.48. The lowest BCUT2D eigenvalue weighted by Gasteiger charge is -2.54. The molecule has 5 rings (SSSR count). The monoisotopic (exact) mass is 341 g/mol. The van der Waals surface area contributed by atoms with Crippen molar-refractivity contribution >= 4 is 5.91 Å². The van der Waals surface area contributed by atoms with Crippen LogP contribution in [0.4, 0.5) is 0 Å². The fourth-order valence-corrected chi connectivity index (χ4v) is 8.13. The van der Waals surface area contributed by atoms with Crippen molar-refractivity contribution in [3.63, 3.8) is 0 Å². The number of allylic oxidation sites excluding steroid dienone is 2. The molecule has 3 fully saturated rings. The summed E-state index contributed by atoms with van der Waals surface area (Å²) in [5.74, 6) is 5.07. The van der Waals surface area contributed by atoms with E-state index >= 15 is 0 Å². The van der Waals surface area contributed by atoms with Crippen LogP contribution in [0.3, 0.4) is 0 Å². The topological polar surface area (TPSA) is 43.1 Å². The Balaban J connectivity index is 1.48. The van der Waals surface area contributed by atoms with E-state index < -0.39 is 0 Å². The Labute approximate surface area is 153 Å². The molecule has 3 saturated carbocycles. The summed E-state index contributed by atoms with van der Waals surface area (Å²) in [6.07, 6.45) is 17.8. The molecule has 0 saturated heterocycles. The number of rotatable bonds is 1. The lowest BCUT2D eigenvalue weighted by molar-refractivity contribution is -0.129. The molecule has 0 heterocycles. The summed E-state index contributed by atoms with van der Waals surface area (Å²) >= 11 is 0. The standard InChI is InChI=1S/C23H35NO/c24-23(25)22-13-21-19-10-9-14-5-1-2-6-15(14)18(19)11-12-20(21)16-7-3-4-8-17(16)22/h14-17,20-22H,1-13H2,(H2,24,25). The quantitative estimate of drug-likeness (QED) is 0.653. The summed E-state index contributed by atoms with van der Waals surface area (Å²) < 4.78 is 0. The molecule has 0 bridgehead atoms. The summed E-state index contributed by atoms with van der Waals surface area (Å²) in [6, 6.07) is 0. The number of hydrogen-bond acceptors (Lipinski definition) is 1. The number of fused-ring (bicyclic) bond motifs is 6. The molecule has 0 aliphatic heterocycles. The second-order valence-electron chi connectivity index (χ2n) is 9.91. The maximum absolute atomic E-state index is 12.3. The maximum Gasteiger partial charge on any atom is 0.220 e. The average molecular weight is 342 g/mol. The predicted octanol–water partition coefficient (Wildman–Crippen LogP) is 5.22. The minimum Gasteiger partial charge on any atom is -0.369 e. The maximum atomic E-state index is 12.3. The minimum absolute atomic E-state index is 0.00873. The van der Waals surface area contributed by atoms with E-state index in [4.69, 9.17) is 5.73 Å². The van der Waals surface area contributed by atoms with Crippen molar-refractivity contribution in [3.8, 4) is 0 Å². The van der Waals surface area contributed by atoms with E-state index in [2.05, 4.69) is 0 Å². The molecule has 7 unspecified atom stereocenters. The summed E-state index contributed by atoms with van der Waals surface area (Å²) in [6.45, 7) is 0. The van der Waals surface area contributed by atoms with Crippen molar-refractivity contribution in [2.24, 2.45) is 47.2 Å². The number of primary amides is 1. The van der Waals surface area contributed by atoms with Gasteiger partial charge in [0, 0.05) is 5.92 Å². The van der Waals surface area contributed by atoms with Crippen molar-refractivity contribution in [1.29, 1.82) is 0 Å². The summed E-state index contributed by atoms with van der Waals surface area (Å²) in [5, 5.41) is 0. The van der Waals surface area contributed by atoms with Gasteiger partial charge in [-0.2, -0.15) is 0 Å². The zero-order valence-electron chi connectivity index (χ0n) is 15.7. The highest BCUT2D eigenvalue weighted by Gasteiger charge is 2.50. The first-order valence-electron chi connectivity index (χ1n) is 11.2. The molecular formula is C23H35NO. The van der Waals surface area contributed by atoms with Crippen LogP contribution in [0.2, 0.25) is 0 Å². The van der Waals surface area contributed by atoms with Gasteiger partial charge >= 0.3 is 0 Å². The Bertz CT molecular complexity index is 579. The van der Waals surface area contributed by atoms with Crippen molar-refractivity contribution in [1.82, 2.24) is 0 Å². The van der Waals surface area contributed by atoms with Gasteiger partial charge in [0.2, 0.25) is 5.91 Å². The van der Waals surface area contributed by atoms with E-state index in [0.717, 1.165) is 30.1 Å². The molecule has 1 amide bonds. The van der Waals surface area contributed by atoms with E-state index in [1.165, 1.54) is 77.0 Å². The molecule has 0 radical (unpaired) electrons. The summed E-state index contributed by atoms with van der Waals surface area (Å²) in [5.41, 5.74) is 9.64. The van der Waals surface area contributed by atoms with Crippen molar-refractivity contribution in [2.45, 2.75) is 83.5 Å². The van der Waals surface area contributed by atoms with Crippen molar-refractivity contribution in [3.05, 3.63) is 11.1 Å². The lowest BCUT2D eigenvalue weighted by atomic mass is 9.51. The number of carbonyl (C=O) groups is 1. The molecule has 138 valence electrons. The Hall–Kier alpha value is -0.790. The molecule has 0 spiro atoms. The third kappa shape index (κ3) is 2.61. The fraction of sp³-hybridized carbons (Fsp3) is 0.870. The van der Waals surface area contributed by atoms with E-state index in [-0.39, 0.29) is 11.8 Å². The zero-order chi connectivity index (χ0) is 17.0. The molecule has 5 aliphatic carbocycles. The summed E-state index contributed by atoms with van der Waals surface area (Å²) in [7, 11) is 0. The molecule has 7 atom stereocenters. The average Bonchev–Trinajstić information content (AvgIpc) is 2.66. The van der Waals surface area contributed by atoms with Gasteiger partial charge in [-0.15, -0.1) is 0 Å². The number of amides is 1. The highest BCUT2D eigenvalue weighted by atomic mass is 16.1. The highest BCUT2D eigenvalue weighted by Crippen LogP contribution is 2.59. The van der Waals surface area contributed by atoms with Gasteiger partial charge in [-0.1, -0.05) is 36.8 Å². The van der Waals surface area contributed by atoms with Crippen LogP contribution in [0, 0.1) is 41.4 Å². The molecule has 2 N–H and O–H groups in total. The minimum atomic E-state index is 0.00873. The van der Waals surface area contributed by atoms with Crippen LogP contribution >= 0.6 is 0 Å². The highest BCUT2D eigenvalue weighted by molar-refractivity contribution is 5.77. The third-order valence-electron chi connectivity index (χ3n) is 9.08. The molecule has 5 aliphatic rings. The van der Waals surface area contributed by atoms with Gasteiger partial charge < -0.3 is 5.73 Å². The van der Waals surface area contributed by atoms with Gasteiger partial charge in [0.25, 0.3) is 0 Å². The number of carbonyl (C=O) groups excluding carboxylic acids is 1. The smallest absolute Gasteiger partial charge is 0.220 e. The first-order valence-corrected chi connectivity index (χ1v) is 11.2. The molecule has 0 aromatic rings. The van der Waals surface area contributed by atoms with Gasteiger partial charge in [-0.25, -0.2) is 0 Å². The molecule has 2 heteroatoms. The van der Waals surface area contributed by atoms with Crippen LogP contribution < -0.4 is 5.73 Å². The number of nitrogens with two attached hydrogens (primary N) is 1. The van der Waals surface area contributed by atoms with Crippen LogP contribution in [0.25, 0.3) is 0 Å². The first-order chi connectivity index (χ1) is 12.2. The van der Waals surface area contributed by atoms with Gasteiger partial charge in [-0.3, -0.25) is 4.79 Å². The van der Waals surface area contributed by atoms with Crippen LogP contribution in [0.5, 0.6) is 0 Å². The van der Waals surface area contributed by atoms with Gasteiger partial charge in [0.1, 0.15) is 0 Å². The van der Waals surface area contributed by atoms with Crippen LogP contribution in [-0.4, -0.2) is 5.91 Å². The molecule has 0 aromatic carbocycles. The fourth-order valence-electron chi connectivity index (χ4n) is 8.13. The zero-order valence-corrected chi connectivity index (χ0v) is 15.7. The van der Waals surface area contributed by atoms with E-state index in [1.54, 1.807) is 0 Å². The van der Waals surface area contributed by atoms with Crippen LogP contribution in [-0.2, 0) is 4.79 Å². The second-order valence-corrected chi connectivity index (χ2v) is 9.91. The molecule has 2 nitrogen and oxygen atoms in total. The normalized spacial score (nSPS) is 46.5. The Morgan fingerprint density at radius 3 is 2.24 bits per heavy atom. The van der Waals surface area contributed by atoms with E-state index in [1.807, 2.05) is 11.1 Å². The number of hydrogen-bond donors (Lipinski definition) is 1. The summed E-state index contributed by atoms with van der Waals surface area (Å²) in [4.78, 5) is 12.3. The molecule has 25 heavy (non-hydrogen) atoms. The van der Waals surface area contributed by atoms with E-state index in [9.17, 15) is 4.79 Å². The molecule has 0 aromatic heterocycles. The van der Waals surface area contributed by atoms with Crippen LogP contribution in [0.1, 0.15) is 83.5 Å². The van der Waals surface area contributed by atoms with Gasteiger partial charge in [0.15, 0.2) is 0 Å². The van der Waals surface area contributed by atoms with Crippen molar-refractivity contribution < 1.29 is 4.79 Å². The van der Waals surface area contributed by atoms with Crippen LogP contribution in [0.15, 0.2) is 11.1 Å². The first kappa shape index (κ1) is 16.4. The van der Waals surface area contributed by atoms with E-state index in [0.29, 0.717) is 11.8 Å². The Kier molecular flexibility index (Phi) is 4.21. The second kappa shape index (κ2) is 6.43. The predicted molar refractivity (Wildman–Crippen MR) is 101 cm³/mol. The Morgan fingerprint density at radius 2 is 1.40 bits per heavy atom. The van der Waals surface area contributed by atoms with Gasteiger partial charge in [0.05, 0.1) is 0 Å². The Morgan fingerprint density at radius 1 is 0.720 bits per heavy atom. The SMILES string of the molecule is NC(=O)C1CC2C3=C(CCC2C2CCCCC12)C1CCCCC1CC3.